The Labute approximate surface area is 173 Å². The van der Waals surface area contributed by atoms with E-state index in [2.05, 4.69) is 4.90 Å². The van der Waals surface area contributed by atoms with Gasteiger partial charge in [-0.15, -0.1) is 0 Å². The fourth-order valence-corrected chi connectivity index (χ4v) is 4.88. The van der Waals surface area contributed by atoms with Crippen LogP contribution in [-0.2, 0) is 6.54 Å². The zero-order valence-corrected chi connectivity index (χ0v) is 16.6. The lowest BCUT2D eigenvalue weighted by Gasteiger charge is -2.35. The number of aliphatic hydroxyl groups is 1. The Kier molecular flexibility index (Phi) is 5.02. The van der Waals surface area contributed by atoms with Crippen molar-refractivity contribution in [2.45, 2.75) is 31.6 Å². The first-order valence-corrected chi connectivity index (χ1v) is 10.3. The highest BCUT2D eigenvalue weighted by Gasteiger charge is 2.42. The van der Waals surface area contributed by atoms with Crippen molar-refractivity contribution >= 4 is 11.6 Å². The molecule has 7 heteroatoms. The molecule has 4 atom stereocenters. The standard InChI is InChI=1S/C22H23ClFNO4/c23-17-3-1-13(5-18(17)24)9-25-10-14-6-19(26)21(7-15(14)11-25)29-16-2-4-20-22(8-16)28-12-27-20/h1-5,8,14-15,19,21,26H,6-7,9-12H2/t14-,15+,19+,21+/m0/s1. The van der Waals surface area contributed by atoms with Gasteiger partial charge in [-0.1, -0.05) is 17.7 Å². The Morgan fingerprint density at radius 2 is 1.86 bits per heavy atom. The number of nitrogens with zero attached hydrogens (tertiary/aromatic N) is 1. The minimum atomic E-state index is -0.505. The highest BCUT2D eigenvalue weighted by molar-refractivity contribution is 6.30. The summed E-state index contributed by atoms with van der Waals surface area (Å²) in [5, 5.41) is 10.8. The molecule has 1 saturated heterocycles. The average molecular weight is 420 g/mol. The number of benzene rings is 2. The highest BCUT2D eigenvalue weighted by atomic mass is 35.5. The first-order valence-electron chi connectivity index (χ1n) is 9.96. The fourth-order valence-electron chi connectivity index (χ4n) is 4.76. The zero-order valence-electron chi connectivity index (χ0n) is 15.9. The molecule has 5 nitrogen and oxygen atoms in total. The van der Waals surface area contributed by atoms with Gasteiger partial charge in [0.25, 0.3) is 0 Å². The molecule has 2 aliphatic heterocycles. The van der Waals surface area contributed by atoms with E-state index >= 15 is 0 Å². The van der Waals surface area contributed by atoms with Gasteiger partial charge in [-0.3, -0.25) is 4.90 Å². The van der Waals surface area contributed by atoms with E-state index in [1.807, 2.05) is 24.3 Å². The minimum Gasteiger partial charge on any atom is -0.488 e. The van der Waals surface area contributed by atoms with Crippen LogP contribution in [0.15, 0.2) is 36.4 Å². The second-order valence-corrected chi connectivity index (χ2v) is 8.58. The summed E-state index contributed by atoms with van der Waals surface area (Å²) in [4.78, 5) is 2.33. The Bertz CT molecular complexity index is 910. The summed E-state index contributed by atoms with van der Waals surface area (Å²) < 4.78 is 30.6. The van der Waals surface area contributed by atoms with E-state index in [1.54, 1.807) is 6.07 Å². The molecular formula is C22H23ClFNO4. The Morgan fingerprint density at radius 3 is 2.69 bits per heavy atom. The van der Waals surface area contributed by atoms with Gasteiger partial charge in [-0.05, 0) is 54.5 Å². The summed E-state index contributed by atoms with van der Waals surface area (Å²) >= 11 is 5.78. The molecule has 2 fully saturated rings. The molecule has 0 amide bonds. The van der Waals surface area contributed by atoms with Gasteiger partial charge in [-0.2, -0.15) is 0 Å². The maximum atomic E-state index is 13.7. The monoisotopic (exact) mass is 419 g/mol. The molecule has 5 rings (SSSR count). The molecule has 1 N–H and O–H groups in total. The van der Waals surface area contributed by atoms with Crippen molar-refractivity contribution in [1.29, 1.82) is 0 Å². The summed E-state index contributed by atoms with van der Waals surface area (Å²) in [5.41, 5.74) is 0.916. The van der Waals surface area contributed by atoms with Crippen LogP contribution in [0.5, 0.6) is 17.2 Å². The number of fused-ring (bicyclic) bond motifs is 2. The van der Waals surface area contributed by atoms with Gasteiger partial charge in [0.1, 0.15) is 17.7 Å². The molecule has 0 unspecified atom stereocenters. The van der Waals surface area contributed by atoms with Crippen LogP contribution in [0.2, 0.25) is 5.02 Å². The Hall–Kier alpha value is -2.02. The molecule has 0 spiro atoms. The molecule has 3 aliphatic rings. The van der Waals surface area contributed by atoms with Gasteiger partial charge in [0.15, 0.2) is 11.5 Å². The number of hydrogen-bond donors (Lipinski definition) is 1. The lowest BCUT2D eigenvalue weighted by atomic mass is 9.78. The lowest BCUT2D eigenvalue weighted by molar-refractivity contribution is -0.0232. The van der Waals surface area contributed by atoms with E-state index < -0.39 is 6.10 Å². The van der Waals surface area contributed by atoms with E-state index in [0.717, 1.165) is 25.1 Å². The third-order valence-electron chi connectivity index (χ3n) is 6.18. The predicted octanol–water partition coefficient (Wildman–Crippen LogP) is 3.86. The second-order valence-electron chi connectivity index (χ2n) is 8.17. The van der Waals surface area contributed by atoms with Crippen LogP contribution in [0.3, 0.4) is 0 Å². The predicted molar refractivity (Wildman–Crippen MR) is 106 cm³/mol. The molecule has 1 saturated carbocycles. The van der Waals surface area contributed by atoms with E-state index in [9.17, 15) is 9.50 Å². The van der Waals surface area contributed by atoms with Gasteiger partial charge in [-0.25, -0.2) is 4.39 Å². The van der Waals surface area contributed by atoms with Crippen LogP contribution in [0, 0.1) is 17.7 Å². The van der Waals surface area contributed by atoms with Gasteiger partial charge < -0.3 is 19.3 Å². The maximum absolute atomic E-state index is 13.7. The third-order valence-corrected chi connectivity index (χ3v) is 6.49. The van der Waals surface area contributed by atoms with Crippen molar-refractivity contribution in [1.82, 2.24) is 4.90 Å². The zero-order chi connectivity index (χ0) is 20.0. The minimum absolute atomic E-state index is 0.149. The molecule has 0 bridgehead atoms. The average Bonchev–Trinajstić information content (AvgIpc) is 3.31. The Morgan fingerprint density at radius 1 is 1.07 bits per heavy atom. The third kappa shape index (κ3) is 3.89. The number of likely N-dealkylation sites (tertiary alicyclic amines) is 1. The SMILES string of the molecule is O[C@@H]1C[C@H]2CN(Cc3ccc(Cl)c(F)c3)C[C@H]2C[C@H]1Oc1ccc2c(c1)OCO2. The summed E-state index contributed by atoms with van der Waals surface area (Å²) in [6, 6.07) is 10.5. The fraction of sp³-hybridized carbons (Fsp3) is 0.455. The van der Waals surface area contributed by atoms with Gasteiger partial charge in [0.2, 0.25) is 6.79 Å². The Balaban J connectivity index is 1.22. The quantitative estimate of drug-likeness (QED) is 0.815. The summed E-state index contributed by atoms with van der Waals surface area (Å²) in [7, 11) is 0. The second kappa shape index (κ2) is 7.67. The van der Waals surface area contributed by atoms with Crippen LogP contribution < -0.4 is 14.2 Å². The van der Waals surface area contributed by atoms with Crippen molar-refractivity contribution < 1.29 is 23.7 Å². The topological polar surface area (TPSA) is 51.2 Å². The largest absolute Gasteiger partial charge is 0.488 e. The van der Waals surface area contributed by atoms with Crippen molar-refractivity contribution in [2.24, 2.45) is 11.8 Å². The maximum Gasteiger partial charge on any atom is 0.231 e. The van der Waals surface area contributed by atoms with Crippen molar-refractivity contribution in [3.8, 4) is 17.2 Å². The molecule has 1 aliphatic carbocycles. The lowest BCUT2D eigenvalue weighted by Crippen LogP contribution is -2.42. The van der Waals surface area contributed by atoms with E-state index in [4.69, 9.17) is 25.8 Å². The van der Waals surface area contributed by atoms with E-state index in [0.29, 0.717) is 42.0 Å². The molecule has 0 radical (unpaired) electrons. The number of hydrogen-bond acceptors (Lipinski definition) is 5. The first-order chi connectivity index (χ1) is 14.0. The molecule has 0 aromatic heterocycles. The van der Waals surface area contributed by atoms with Crippen LogP contribution in [0.4, 0.5) is 4.39 Å². The van der Waals surface area contributed by atoms with E-state index in [1.165, 1.54) is 6.07 Å². The molecule has 2 aromatic carbocycles. The van der Waals surface area contributed by atoms with E-state index in [-0.39, 0.29) is 23.7 Å². The summed E-state index contributed by atoms with van der Waals surface area (Å²) in [6.45, 7) is 2.73. The molecular weight excluding hydrogens is 397 g/mol. The van der Waals surface area contributed by atoms with Gasteiger partial charge in [0.05, 0.1) is 11.1 Å². The van der Waals surface area contributed by atoms with Crippen LogP contribution in [0.25, 0.3) is 0 Å². The van der Waals surface area contributed by atoms with Crippen LogP contribution in [0.1, 0.15) is 18.4 Å². The van der Waals surface area contributed by atoms with Crippen LogP contribution >= 0.6 is 11.6 Å². The van der Waals surface area contributed by atoms with Crippen LogP contribution in [-0.4, -0.2) is 42.1 Å². The molecule has 2 heterocycles. The normalized spacial score (nSPS) is 28.4. The number of halogens is 2. The van der Waals surface area contributed by atoms with Crippen molar-refractivity contribution in [2.75, 3.05) is 19.9 Å². The summed E-state index contributed by atoms with van der Waals surface area (Å²) in [6.07, 6.45) is 0.760. The van der Waals surface area contributed by atoms with Gasteiger partial charge >= 0.3 is 0 Å². The summed E-state index contributed by atoms with van der Waals surface area (Å²) in [5.74, 6) is 2.57. The molecule has 154 valence electrons. The van der Waals surface area contributed by atoms with Gasteiger partial charge in [0, 0.05) is 25.7 Å². The smallest absolute Gasteiger partial charge is 0.231 e. The molecule has 2 aromatic rings. The number of rotatable bonds is 4. The highest BCUT2D eigenvalue weighted by Crippen LogP contribution is 2.40. The number of aliphatic hydroxyl groups excluding tert-OH is 1. The first kappa shape index (κ1) is 19.0. The van der Waals surface area contributed by atoms with Crippen molar-refractivity contribution in [3.63, 3.8) is 0 Å². The number of ether oxygens (including phenoxy) is 3. The van der Waals surface area contributed by atoms with Crippen molar-refractivity contribution in [3.05, 3.63) is 52.8 Å². The molecule has 29 heavy (non-hydrogen) atoms.